The molecule has 92 valence electrons. The van der Waals surface area contributed by atoms with E-state index in [2.05, 4.69) is 5.32 Å². The van der Waals surface area contributed by atoms with Crippen molar-refractivity contribution in [1.82, 2.24) is 0 Å². The van der Waals surface area contributed by atoms with E-state index in [0.29, 0.717) is 21.3 Å². The minimum atomic E-state index is -0.211. The lowest BCUT2D eigenvalue weighted by Gasteiger charge is -2.07. The van der Waals surface area contributed by atoms with E-state index in [0.717, 1.165) is 5.56 Å². The maximum Gasteiger partial charge on any atom is 0.255 e. The summed E-state index contributed by atoms with van der Waals surface area (Å²) in [5, 5.41) is 3.93. The molecule has 0 aliphatic carbocycles. The molecule has 0 fully saturated rings. The Morgan fingerprint density at radius 3 is 2.56 bits per heavy atom. The second-order valence-corrected chi connectivity index (χ2v) is 4.77. The van der Waals surface area contributed by atoms with Gasteiger partial charge in [0.15, 0.2) is 0 Å². The minimum Gasteiger partial charge on any atom is -0.322 e. The average molecular weight is 280 g/mol. The maximum atomic E-state index is 11.9. The number of carbonyl (C=O) groups excluding carboxylic acids is 1. The number of aryl methyl sites for hydroxylation is 1. The van der Waals surface area contributed by atoms with Gasteiger partial charge in [0.05, 0.1) is 0 Å². The van der Waals surface area contributed by atoms with Crippen LogP contribution in [-0.4, -0.2) is 5.91 Å². The quantitative estimate of drug-likeness (QED) is 0.858. The summed E-state index contributed by atoms with van der Waals surface area (Å²) in [5.74, 6) is -0.211. The molecule has 0 bridgehead atoms. The molecule has 18 heavy (non-hydrogen) atoms. The number of nitrogens with one attached hydrogen (secondary N) is 1. The first-order valence-electron chi connectivity index (χ1n) is 5.39. The van der Waals surface area contributed by atoms with Crippen molar-refractivity contribution < 1.29 is 4.79 Å². The minimum absolute atomic E-state index is 0.211. The summed E-state index contributed by atoms with van der Waals surface area (Å²) in [6, 6.07) is 12.2. The monoisotopic (exact) mass is 279 g/mol. The Balaban J connectivity index is 2.18. The molecule has 0 atom stereocenters. The summed E-state index contributed by atoms with van der Waals surface area (Å²) in [4.78, 5) is 11.9. The van der Waals surface area contributed by atoms with Crippen LogP contribution in [0.1, 0.15) is 15.9 Å². The third-order valence-electron chi connectivity index (χ3n) is 2.52. The number of benzene rings is 2. The van der Waals surface area contributed by atoms with Crippen LogP contribution in [0.2, 0.25) is 10.0 Å². The number of hydrogen-bond donors (Lipinski definition) is 1. The number of rotatable bonds is 2. The summed E-state index contributed by atoms with van der Waals surface area (Å²) in [6.07, 6.45) is 0. The van der Waals surface area contributed by atoms with Gasteiger partial charge < -0.3 is 5.32 Å². The van der Waals surface area contributed by atoms with E-state index in [-0.39, 0.29) is 5.91 Å². The third kappa shape index (κ3) is 3.03. The van der Waals surface area contributed by atoms with Crippen LogP contribution in [0.3, 0.4) is 0 Å². The maximum absolute atomic E-state index is 11.9. The zero-order chi connectivity index (χ0) is 13.1. The van der Waals surface area contributed by atoms with Crippen molar-refractivity contribution in [2.75, 3.05) is 5.32 Å². The number of hydrogen-bond acceptors (Lipinski definition) is 1. The zero-order valence-electron chi connectivity index (χ0n) is 9.71. The van der Waals surface area contributed by atoms with Crippen molar-refractivity contribution >= 4 is 34.8 Å². The van der Waals surface area contributed by atoms with Crippen molar-refractivity contribution in [2.45, 2.75) is 6.92 Å². The van der Waals surface area contributed by atoms with Gasteiger partial charge in [0.2, 0.25) is 0 Å². The van der Waals surface area contributed by atoms with Gasteiger partial charge in [-0.1, -0.05) is 35.3 Å². The Hall–Kier alpha value is -1.51. The molecular weight excluding hydrogens is 269 g/mol. The topological polar surface area (TPSA) is 29.1 Å². The normalized spacial score (nSPS) is 10.2. The van der Waals surface area contributed by atoms with E-state index < -0.39 is 0 Å². The lowest BCUT2D eigenvalue weighted by Crippen LogP contribution is -2.11. The second-order valence-electron chi connectivity index (χ2n) is 3.93. The van der Waals surface area contributed by atoms with Crippen LogP contribution in [0.4, 0.5) is 5.69 Å². The Bertz CT molecular complexity index is 596. The highest BCUT2D eigenvalue weighted by molar-refractivity contribution is 6.32. The van der Waals surface area contributed by atoms with Crippen molar-refractivity contribution in [3.05, 3.63) is 63.6 Å². The molecule has 0 aliphatic rings. The smallest absolute Gasteiger partial charge is 0.255 e. The lowest BCUT2D eigenvalue weighted by molar-refractivity contribution is 0.102. The average Bonchev–Trinajstić information content (AvgIpc) is 2.34. The fraction of sp³-hybridized carbons (Fsp3) is 0.0714. The summed E-state index contributed by atoms with van der Waals surface area (Å²) in [6.45, 7) is 1.91. The van der Waals surface area contributed by atoms with E-state index in [9.17, 15) is 4.79 Å². The van der Waals surface area contributed by atoms with Gasteiger partial charge in [-0.2, -0.15) is 0 Å². The van der Waals surface area contributed by atoms with Crippen molar-refractivity contribution in [1.29, 1.82) is 0 Å². The van der Waals surface area contributed by atoms with Gasteiger partial charge in [0.25, 0.3) is 5.91 Å². The summed E-state index contributed by atoms with van der Waals surface area (Å²) < 4.78 is 0. The molecule has 0 spiro atoms. The molecule has 2 nitrogen and oxygen atoms in total. The highest BCUT2D eigenvalue weighted by atomic mass is 35.5. The molecular formula is C14H11Cl2NO. The molecule has 4 heteroatoms. The van der Waals surface area contributed by atoms with Gasteiger partial charge in [-0.25, -0.2) is 0 Å². The highest BCUT2D eigenvalue weighted by Crippen LogP contribution is 2.20. The number of amides is 1. The van der Waals surface area contributed by atoms with Gasteiger partial charge in [-0.3, -0.25) is 4.79 Å². The van der Waals surface area contributed by atoms with Crippen molar-refractivity contribution in [3.8, 4) is 0 Å². The van der Waals surface area contributed by atoms with Crippen LogP contribution in [-0.2, 0) is 0 Å². The van der Waals surface area contributed by atoms with Gasteiger partial charge in [0.1, 0.15) is 0 Å². The molecule has 0 saturated heterocycles. The summed E-state index contributed by atoms with van der Waals surface area (Å²) in [5.41, 5.74) is 2.15. The first-order chi connectivity index (χ1) is 8.56. The van der Waals surface area contributed by atoms with Gasteiger partial charge in [-0.05, 0) is 42.8 Å². The van der Waals surface area contributed by atoms with Crippen molar-refractivity contribution in [3.63, 3.8) is 0 Å². The van der Waals surface area contributed by atoms with E-state index in [1.54, 1.807) is 30.3 Å². The fourth-order valence-electron chi connectivity index (χ4n) is 1.50. The molecule has 0 unspecified atom stereocenters. The van der Waals surface area contributed by atoms with Crippen LogP contribution < -0.4 is 5.32 Å². The largest absolute Gasteiger partial charge is 0.322 e. The predicted molar refractivity (Wildman–Crippen MR) is 75.6 cm³/mol. The molecule has 1 amide bonds. The standard InChI is InChI=1S/C14H11Cl2NO/c1-9-5-6-12(8-13(9)16)17-14(18)10-3-2-4-11(15)7-10/h2-8H,1H3,(H,17,18). The SMILES string of the molecule is Cc1ccc(NC(=O)c2cccc(Cl)c2)cc1Cl. The van der Waals surface area contributed by atoms with Gasteiger partial charge in [0, 0.05) is 21.3 Å². The molecule has 2 aromatic rings. The Labute approximate surface area is 116 Å². The molecule has 0 saturated carbocycles. The van der Waals surface area contributed by atoms with E-state index >= 15 is 0 Å². The highest BCUT2D eigenvalue weighted by Gasteiger charge is 2.07. The number of halogens is 2. The Kier molecular flexibility index (Phi) is 3.90. The third-order valence-corrected chi connectivity index (χ3v) is 3.16. The lowest BCUT2D eigenvalue weighted by atomic mass is 10.2. The molecule has 2 rings (SSSR count). The van der Waals surface area contributed by atoms with Crippen LogP contribution in [0.5, 0.6) is 0 Å². The van der Waals surface area contributed by atoms with Crippen molar-refractivity contribution in [2.24, 2.45) is 0 Å². The van der Waals surface area contributed by atoms with Crippen LogP contribution in [0, 0.1) is 6.92 Å². The van der Waals surface area contributed by atoms with E-state index in [4.69, 9.17) is 23.2 Å². The Morgan fingerprint density at radius 1 is 1.11 bits per heavy atom. The molecule has 1 N–H and O–H groups in total. The van der Waals surface area contributed by atoms with E-state index in [1.165, 1.54) is 0 Å². The Morgan fingerprint density at radius 2 is 1.89 bits per heavy atom. The fourth-order valence-corrected chi connectivity index (χ4v) is 1.87. The molecule has 2 aromatic carbocycles. The van der Waals surface area contributed by atoms with Gasteiger partial charge >= 0.3 is 0 Å². The first-order valence-corrected chi connectivity index (χ1v) is 6.15. The number of carbonyl (C=O) groups is 1. The number of anilines is 1. The zero-order valence-corrected chi connectivity index (χ0v) is 11.2. The van der Waals surface area contributed by atoms with Crippen LogP contribution >= 0.6 is 23.2 Å². The van der Waals surface area contributed by atoms with Gasteiger partial charge in [-0.15, -0.1) is 0 Å². The van der Waals surface area contributed by atoms with Crippen LogP contribution in [0.25, 0.3) is 0 Å². The van der Waals surface area contributed by atoms with E-state index in [1.807, 2.05) is 19.1 Å². The molecule has 0 radical (unpaired) electrons. The first kappa shape index (κ1) is 12.9. The molecule has 0 aromatic heterocycles. The second kappa shape index (κ2) is 5.42. The summed E-state index contributed by atoms with van der Waals surface area (Å²) in [7, 11) is 0. The molecule has 0 aliphatic heterocycles. The molecule has 0 heterocycles. The van der Waals surface area contributed by atoms with Crippen LogP contribution in [0.15, 0.2) is 42.5 Å². The predicted octanol–water partition coefficient (Wildman–Crippen LogP) is 4.55. The summed E-state index contributed by atoms with van der Waals surface area (Å²) >= 11 is 11.8.